The first-order valence-electron chi connectivity index (χ1n) is 4.30. The van der Waals surface area contributed by atoms with Crippen molar-refractivity contribution in [2.75, 3.05) is 13.2 Å². The van der Waals surface area contributed by atoms with Gasteiger partial charge in [0.25, 0.3) is 0 Å². The normalized spacial score (nSPS) is 32.7. The molecule has 1 rings (SSSR count). The van der Waals surface area contributed by atoms with E-state index in [0.717, 1.165) is 0 Å². The highest BCUT2D eigenvalue weighted by Gasteiger charge is 2.54. The molecule has 7 heteroatoms. The lowest BCUT2D eigenvalue weighted by Gasteiger charge is -2.36. The molecule has 0 aromatic heterocycles. The van der Waals surface area contributed by atoms with E-state index in [0.29, 0.717) is 0 Å². The van der Waals surface area contributed by atoms with Gasteiger partial charge in [0.05, 0.1) is 13.0 Å². The van der Waals surface area contributed by atoms with Crippen molar-refractivity contribution in [3.8, 4) is 0 Å². The van der Waals surface area contributed by atoms with Crippen LogP contribution in [0.15, 0.2) is 0 Å². The summed E-state index contributed by atoms with van der Waals surface area (Å²) in [5.41, 5.74) is -2.38. The highest BCUT2D eigenvalue weighted by Crippen LogP contribution is 2.42. The van der Waals surface area contributed by atoms with Gasteiger partial charge in [-0.2, -0.15) is 13.2 Å². The summed E-state index contributed by atoms with van der Waals surface area (Å²) < 4.78 is 54.3. The highest BCUT2D eigenvalue weighted by molar-refractivity contribution is 5.75. The molecule has 88 valence electrons. The van der Waals surface area contributed by atoms with Crippen molar-refractivity contribution in [3.63, 3.8) is 0 Å². The van der Waals surface area contributed by atoms with Crippen LogP contribution in [0.4, 0.5) is 17.6 Å². The second kappa shape index (κ2) is 3.96. The molecule has 1 aliphatic rings. The van der Waals surface area contributed by atoms with Gasteiger partial charge in [-0.1, -0.05) is 0 Å². The standard InChI is InChI=1S/C8H10F4O3/c9-5-3-15-2-1-7(5,6(13)14)4-8(10,11)12/h5H,1-4H2,(H,13,14). The molecule has 1 saturated heterocycles. The van der Waals surface area contributed by atoms with E-state index in [9.17, 15) is 22.4 Å². The van der Waals surface area contributed by atoms with Gasteiger partial charge in [0.1, 0.15) is 11.6 Å². The molecule has 2 unspecified atom stereocenters. The molecular weight excluding hydrogens is 220 g/mol. The van der Waals surface area contributed by atoms with E-state index in [1.807, 2.05) is 0 Å². The van der Waals surface area contributed by atoms with Crippen LogP contribution in [0.2, 0.25) is 0 Å². The Labute approximate surface area is 83.0 Å². The molecule has 1 fully saturated rings. The number of alkyl halides is 4. The van der Waals surface area contributed by atoms with E-state index in [1.54, 1.807) is 0 Å². The Hall–Kier alpha value is -0.850. The van der Waals surface area contributed by atoms with Crippen LogP contribution in [-0.2, 0) is 9.53 Å². The first kappa shape index (κ1) is 12.2. The van der Waals surface area contributed by atoms with Gasteiger partial charge in [-0.25, -0.2) is 4.39 Å². The molecule has 0 aromatic carbocycles. The summed E-state index contributed by atoms with van der Waals surface area (Å²) in [5, 5.41) is 8.73. The van der Waals surface area contributed by atoms with Crippen LogP contribution in [0.1, 0.15) is 12.8 Å². The maximum Gasteiger partial charge on any atom is 0.390 e. The van der Waals surface area contributed by atoms with Crippen molar-refractivity contribution in [2.45, 2.75) is 25.2 Å². The fourth-order valence-corrected chi connectivity index (χ4v) is 1.63. The van der Waals surface area contributed by atoms with Crippen molar-refractivity contribution in [1.29, 1.82) is 0 Å². The molecule has 3 nitrogen and oxygen atoms in total. The van der Waals surface area contributed by atoms with Crippen molar-refractivity contribution in [2.24, 2.45) is 5.41 Å². The van der Waals surface area contributed by atoms with Crippen molar-refractivity contribution >= 4 is 5.97 Å². The van der Waals surface area contributed by atoms with E-state index in [1.165, 1.54) is 0 Å². The third-order valence-electron chi connectivity index (χ3n) is 2.50. The summed E-state index contributed by atoms with van der Waals surface area (Å²) in [6.07, 6.45) is -8.92. The van der Waals surface area contributed by atoms with Crippen molar-refractivity contribution in [1.82, 2.24) is 0 Å². The molecule has 0 amide bonds. The largest absolute Gasteiger partial charge is 0.481 e. The second-order valence-corrected chi connectivity index (χ2v) is 3.55. The summed E-state index contributed by atoms with van der Waals surface area (Å²) in [6.45, 7) is -0.759. The summed E-state index contributed by atoms with van der Waals surface area (Å²) in [4.78, 5) is 10.8. The first-order valence-corrected chi connectivity index (χ1v) is 4.30. The van der Waals surface area contributed by atoms with Crippen molar-refractivity contribution in [3.05, 3.63) is 0 Å². The van der Waals surface area contributed by atoms with Gasteiger partial charge in [-0.05, 0) is 6.42 Å². The number of carbonyl (C=O) groups is 1. The maximum absolute atomic E-state index is 13.3. The number of hydrogen-bond acceptors (Lipinski definition) is 2. The number of aliphatic carboxylic acids is 1. The SMILES string of the molecule is O=C(O)C1(CC(F)(F)F)CCOCC1F. The Kier molecular flexibility index (Phi) is 3.22. The third kappa shape index (κ3) is 2.58. The fraction of sp³-hybridized carbons (Fsp3) is 0.875. The minimum atomic E-state index is -4.69. The van der Waals surface area contributed by atoms with Crippen LogP contribution < -0.4 is 0 Å². The predicted octanol–water partition coefficient (Wildman–Crippen LogP) is 1.77. The van der Waals surface area contributed by atoms with E-state index >= 15 is 0 Å². The first-order chi connectivity index (χ1) is 6.78. The molecular formula is C8H10F4O3. The quantitative estimate of drug-likeness (QED) is 0.735. The average Bonchev–Trinajstić information content (AvgIpc) is 2.06. The lowest BCUT2D eigenvalue weighted by atomic mass is 9.76. The Morgan fingerprint density at radius 3 is 2.53 bits per heavy atom. The van der Waals surface area contributed by atoms with Crippen LogP contribution in [-0.4, -0.2) is 36.6 Å². The van der Waals surface area contributed by atoms with Crippen LogP contribution in [0.5, 0.6) is 0 Å². The zero-order chi connectivity index (χ0) is 11.7. The monoisotopic (exact) mass is 230 g/mol. The van der Waals surface area contributed by atoms with Gasteiger partial charge in [0.15, 0.2) is 0 Å². The number of carboxylic acids is 1. The van der Waals surface area contributed by atoms with Crippen LogP contribution in [0, 0.1) is 5.41 Å². The Bertz CT molecular complexity index is 253. The molecule has 1 N–H and O–H groups in total. The van der Waals surface area contributed by atoms with E-state index in [2.05, 4.69) is 4.74 Å². The van der Waals surface area contributed by atoms with Crippen LogP contribution in [0.3, 0.4) is 0 Å². The molecule has 0 aliphatic carbocycles. The molecule has 0 spiro atoms. The topological polar surface area (TPSA) is 46.5 Å². The summed E-state index contributed by atoms with van der Waals surface area (Å²) >= 11 is 0. The number of halogens is 4. The van der Waals surface area contributed by atoms with E-state index in [-0.39, 0.29) is 6.61 Å². The van der Waals surface area contributed by atoms with E-state index in [4.69, 9.17) is 5.11 Å². The van der Waals surface area contributed by atoms with Gasteiger partial charge in [0, 0.05) is 6.61 Å². The van der Waals surface area contributed by atoms with Crippen LogP contribution >= 0.6 is 0 Å². The van der Waals surface area contributed by atoms with Gasteiger partial charge in [-0.15, -0.1) is 0 Å². The molecule has 1 aliphatic heterocycles. The smallest absolute Gasteiger partial charge is 0.390 e. The van der Waals surface area contributed by atoms with Gasteiger partial charge >= 0.3 is 12.1 Å². The Morgan fingerprint density at radius 1 is 1.53 bits per heavy atom. The van der Waals surface area contributed by atoms with E-state index < -0.39 is 43.2 Å². The van der Waals surface area contributed by atoms with Crippen molar-refractivity contribution < 1.29 is 32.2 Å². The zero-order valence-corrected chi connectivity index (χ0v) is 7.68. The molecule has 0 radical (unpaired) electrons. The molecule has 1 heterocycles. The lowest BCUT2D eigenvalue weighted by Crippen LogP contribution is -2.49. The van der Waals surface area contributed by atoms with Gasteiger partial charge in [-0.3, -0.25) is 4.79 Å². The number of carboxylic acid groups (broad SMARTS) is 1. The minimum absolute atomic E-state index is 0.164. The lowest BCUT2D eigenvalue weighted by molar-refractivity contribution is -0.200. The summed E-state index contributed by atoms with van der Waals surface area (Å²) in [5.74, 6) is -1.75. The highest BCUT2D eigenvalue weighted by atomic mass is 19.4. The Balaban J connectivity index is 2.91. The fourth-order valence-electron chi connectivity index (χ4n) is 1.63. The molecule has 0 saturated carbocycles. The zero-order valence-electron chi connectivity index (χ0n) is 7.68. The van der Waals surface area contributed by atoms with Crippen LogP contribution in [0.25, 0.3) is 0 Å². The Morgan fingerprint density at radius 2 is 2.13 bits per heavy atom. The maximum atomic E-state index is 13.3. The molecule has 0 aromatic rings. The number of rotatable bonds is 2. The second-order valence-electron chi connectivity index (χ2n) is 3.55. The molecule has 0 bridgehead atoms. The molecule has 2 atom stereocenters. The van der Waals surface area contributed by atoms with Gasteiger partial charge in [0.2, 0.25) is 0 Å². The summed E-state index contributed by atoms with van der Waals surface area (Å²) in [7, 11) is 0. The summed E-state index contributed by atoms with van der Waals surface area (Å²) in [6, 6.07) is 0. The minimum Gasteiger partial charge on any atom is -0.481 e. The number of ether oxygens (including phenoxy) is 1. The molecule has 15 heavy (non-hydrogen) atoms. The average molecular weight is 230 g/mol. The predicted molar refractivity (Wildman–Crippen MR) is 41.1 cm³/mol. The third-order valence-corrected chi connectivity index (χ3v) is 2.50. The number of hydrogen-bond donors (Lipinski definition) is 1. The van der Waals surface area contributed by atoms with Gasteiger partial charge < -0.3 is 9.84 Å².